The van der Waals surface area contributed by atoms with E-state index in [9.17, 15) is 13.6 Å². The molecular weight excluding hydrogens is 330 g/mol. The number of benzene rings is 2. The molecule has 0 radical (unpaired) electrons. The number of urea groups is 1. The highest BCUT2D eigenvalue weighted by Crippen LogP contribution is 2.20. The number of hydrogen-bond acceptors (Lipinski definition) is 1. The normalized spacial score (nSPS) is 10.2. The lowest BCUT2D eigenvalue weighted by atomic mass is 10.2. The Morgan fingerprint density at radius 2 is 1.80 bits per heavy atom. The molecule has 0 unspecified atom stereocenters. The van der Waals surface area contributed by atoms with Crippen LogP contribution >= 0.6 is 15.9 Å². The van der Waals surface area contributed by atoms with Gasteiger partial charge >= 0.3 is 6.03 Å². The Bertz CT molecular complexity index is 662. The first-order valence-electron chi connectivity index (χ1n) is 5.75. The first-order chi connectivity index (χ1) is 9.45. The Hall–Kier alpha value is -1.95. The number of carbonyl (C=O) groups excluding carboxylic acids is 1. The molecule has 0 saturated carbocycles. The fraction of sp³-hybridized carbons (Fsp3) is 0.0714. The lowest BCUT2D eigenvalue weighted by Crippen LogP contribution is -2.20. The first-order valence-corrected chi connectivity index (χ1v) is 6.54. The number of nitrogens with one attached hydrogen (secondary N) is 2. The summed E-state index contributed by atoms with van der Waals surface area (Å²) in [7, 11) is 0. The second-order valence-corrected chi connectivity index (χ2v) is 5.08. The fourth-order valence-electron chi connectivity index (χ4n) is 1.63. The van der Waals surface area contributed by atoms with Crippen LogP contribution in [-0.4, -0.2) is 6.03 Å². The zero-order chi connectivity index (χ0) is 14.7. The van der Waals surface area contributed by atoms with E-state index >= 15 is 0 Å². The summed E-state index contributed by atoms with van der Waals surface area (Å²) in [6.07, 6.45) is 0. The van der Waals surface area contributed by atoms with Crippen LogP contribution < -0.4 is 10.6 Å². The summed E-state index contributed by atoms with van der Waals surface area (Å²) in [4.78, 5) is 11.8. The Kier molecular flexibility index (Phi) is 4.34. The molecule has 2 amide bonds. The van der Waals surface area contributed by atoms with Gasteiger partial charge in [0.2, 0.25) is 0 Å². The number of anilines is 2. The van der Waals surface area contributed by atoms with Gasteiger partial charge in [0.05, 0.1) is 0 Å². The first kappa shape index (κ1) is 14.5. The number of carbonyl (C=O) groups is 1. The van der Waals surface area contributed by atoms with Crippen LogP contribution in [0.1, 0.15) is 5.56 Å². The van der Waals surface area contributed by atoms with E-state index in [4.69, 9.17) is 0 Å². The summed E-state index contributed by atoms with van der Waals surface area (Å²) in [6, 6.07) is 8.02. The smallest absolute Gasteiger partial charge is 0.308 e. The van der Waals surface area contributed by atoms with Crippen LogP contribution in [0.4, 0.5) is 25.0 Å². The summed E-state index contributed by atoms with van der Waals surface area (Å²) in [6.45, 7) is 1.85. The highest BCUT2D eigenvalue weighted by atomic mass is 79.9. The van der Waals surface area contributed by atoms with Crippen molar-refractivity contribution in [2.75, 3.05) is 10.6 Å². The summed E-state index contributed by atoms with van der Waals surface area (Å²) in [5.74, 6) is -1.97. The third-order valence-electron chi connectivity index (χ3n) is 2.61. The number of hydrogen-bond donors (Lipinski definition) is 2. The zero-order valence-electron chi connectivity index (χ0n) is 10.5. The highest BCUT2D eigenvalue weighted by molar-refractivity contribution is 9.10. The van der Waals surface area contributed by atoms with Gasteiger partial charge in [0, 0.05) is 21.9 Å². The minimum Gasteiger partial charge on any atom is -0.308 e. The van der Waals surface area contributed by atoms with Crippen molar-refractivity contribution in [1.82, 2.24) is 0 Å². The van der Waals surface area contributed by atoms with Crippen molar-refractivity contribution in [3.05, 3.63) is 58.1 Å². The van der Waals surface area contributed by atoms with E-state index in [2.05, 4.69) is 26.6 Å². The van der Waals surface area contributed by atoms with Crippen LogP contribution in [0.15, 0.2) is 40.9 Å². The van der Waals surface area contributed by atoms with E-state index in [1.807, 2.05) is 13.0 Å². The largest absolute Gasteiger partial charge is 0.323 e. The highest BCUT2D eigenvalue weighted by Gasteiger charge is 2.07. The summed E-state index contributed by atoms with van der Waals surface area (Å²) in [5.41, 5.74) is 1.68. The van der Waals surface area contributed by atoms with Crippen LogP contribution in [0.2, 0.25) is 0 Å². The van der Waals surface area contributed by atoms with E-state index < -0.39 is 17.7 Å². The second-order valence-electron chi connectivity index (χ2n) is 4.17. The molecule has 20 heavy (non-hydrogen) atoms. The molecule has 0 heterocycles. The van der Waals surface area contributed by atoms with Gasteiger partial charge in [-0.25, -0.2) is 13.6 Å². The van der Waals surface area contributed by atoms with Crippen molar-refractivity contribution in [3.63, 3.8) is 0 Å². The SMILES string of the molecule is Cc1cc(Br)ccc1NC(=O)Nc1ccc(F)c(F)c1. The van der Waals surface area contributed by atoms with E-state index in [1.54, 1.807) is 12.1 Å². The van der Waals surface area contributed by atoms with E-state index in [-0.39, 0.29) is 5.69 Å². The van der Waals surface area contributed by atoms with Crippen LogP contribution in [0.5, 0.6) is 0 Å². The molecule has 0 aliphatic heterocycles. The van der Waals surface area contributed by atoms with Gasteiger partial charge in [0.15, 0.2) is 11.6 Å². The summed E-state index contributed by atoms with van der Waals surface area (Å²) >= 11 is 3.33. The Balaban J connectivity index is 2.07. The molecule has 0 aliphatic rings. The molecule has 0 atom stereocenters. The molecule has 0 bridgehead atoms. The Morgan fingerprint density at radius 1 is 1.05 bits per heavy atom. The van der Waals surface area contributed by atoms with Crippen molar-refractivity contribution in [2.24, 2.45) is 0 Å². The molecule has 0 saturated heterocycles. The predicted octanol–water partition coefficient (Wildman–Crippen LogP) is 4.68. The van der Waals surface area contributed by atoms with Gasteiger partial charge in [-0.05, 0) is 42.8 Å². The molecule has 3 nitrogen and oxygen atoms in total. The van der Waals surface area contributed by atoms with Crippen LogP contribution in [0.3, 0.4) is 0 Å². The minimum absolute atomic E-state index is 0.177. The molecule has 0 aliphatic carbocycles. The maximum Gasteiger partial charge on any atom is 0.323 e. The minimum atomic E-state index is -1.01. The van der Waals surface area contributed by atoms with Gasteiger partial charge in [0.1, 0.15) is 0 Å². The third kappa shape index (κ3) is 3.54. The molecule has 104 valence electrons. The van der Waals surface area contributed by atoms with E-state index in [0.29, 0.717) is 5.69 Å². The molecule has 0 fully saturated rings. The third-order valence-corrected chi connectivity index (χ3v) is 3.11. The maximum atomic E-state index is 13.0. The van der Waals surface area contributed by atoms with Crippen molar-refractivity contribution >= 4 is 33.3 Å². The van der Waals surface area contributed by atoms with Gasteiger partial charge in [-0.2, -0.15) is 0 Å². The number of halogens is 3. The van der Waals surface area contributed by atoms with Crippen molar-refractivity contribution < 1.29 is 13.6 Å². The standard InChI is InChI=1S/C14H11BrF2N2O/c1-8-6-9(15)2-5-13(8)19-14(20)18-10-3-4-11(16)12(17)7-10/h2-7H,1H3,(H2,18,19,20). The van der Waals surface area contributed by atoms with Crippen LogP contribution in [0.25, 0.3) is 0 Å². The van der Waals surface area contributed by atoms with Gasteiger partial charge in [-0.15, -0.1) is 0 Å². The predicted molar refractivity (Wildman–Crippen MR) is 77.9 cm³/mol. The summed E-state index contributed by atoms with van der Waals surface area (Å²) < 4.78 is 26.7. The van der Waals surface area contributed by atoms with Crippen molar-refractivity contribution in [3.8, 4) is 0 Å². The molecular formula is C14H11BrF2N2O. The molecule has 2 rings (SSSR count). The van der Waals surface area contributed by atoms with Crippen LogP contribution in [-0.2, 0) is 0 Å². The monoisotopic (exact) mass is 340 g/mol. The van der Waals surface area contributed by atoms with Gasteiger partial charge in [0.25, 0.3) is 0 Å². The molecule has 6 heteroatoms. The Labute approximate surface area is 123 Å². The molecule has 2 aromatic rings. The lowest BCUT2D eigenvalue weighted by molar-refractivity contribution is 0.262. The summed E-state index contributed by atoms with van der Waals surface area (Å²) in [5, 5.41) is 5.06. The average Bonchev–Trinajstić information content (AvgIpc) is 2.37. The zero-order valence-corrected chi connectivity index (χ0v) is 12.1. The number of aryl methyl sites for hydroxylation is 1. The van der Waals surface area contributed by atoms with Crippen molar-refractivity contribution in [1.29, 1.82) is 0 Å². The molecule has 2 N–H and O–H groups in total. The van der Waals surface area contributed by atoms with Gasteiger partial charge in [-0.1, -0.05) is 15.9 Å². The van der Waals surface area contributed by atoms with Crippen LogP contribution in [0, 0.1) is 18.6 Å². The van der Waals surface area contributed by atoms with Gasteiger partial charge in [-0.3, -0.25) is 0 Å². The topological polar surface area (TPSA) is 41.1 Å². The quantitative estimate of drug-likeness (QED) is 0.818. The maximum absolute atomic E-state index is 13.0. The number of rotatable bonds is 2. The van der Waals surface area contributed by atoms with Crippen molar-refractivity contribution in [2.45, 2.75) is 6.92 Å². The lowest BCUT2D eigenvalue weighted by Gasteiger charge is -2.10. The molecule has 2 aromatic carbocycles. The molecule has 0 aromatic heterocycles. The number of amides is 2. The Morgan fingerprint density at radius 3 is 2.45 bits per heavy atom. The van der Waals surface area contributed by atoms with E-state index in [1.165, 1.54) is 6.07 Å². The molecule has 0 spiro atoms. The van der Waals surface area contributed by atoms with Gasteiger partial charge < -0.3 is 10.6 Å². The average molecular weight is 341 g/mol. The second kappa shape index (κ2) is 6.00. The van der Waals surface area contributed by atoms with E-state index in [0.717, 1.165) is 22.2 Å². The fourth-order valence-corrected chi connectivity index (χ4v) is 2.10.